The van der Waals surface area contributed by atoms with Gasteiger partial charge >= 0.3 is 0 Å². The molecular formula is C16H24N2. The summed E-state index contributed by atoms with van der Waals surface area (Å²) in [6, 6.07) is 9.36. The molecule has 2 rings (SSSR count). The molecule has 0 spiro atoms. The van der Waals surface area contributed by atoms with E-state index in [1.54, 1.807) is 0 Å². The molecule has 2 nitrogen and oxygen atoms in total. The van der Waals surface area contributed by atoms with Crippen LogP contribution in [0.1, 0.15) is 32.3 Å². The molecule has 0 bridgehead atoms. The van der Waals surface area contributed by atoms with Crippen molar-refractivity contribution in [1.82, 2.24) is 5.32 Å². The van der Waals surface area contributed by atoms with Crippen LogP contribution in [0.5, 0.6) is 0 Å². The van der Waals surface area contributed by atoms with Crippen LogP contribution in [0.25, 0.3) is 0 Å². The molecule has 1 unspecified atom stereocenters. The van der Waals surface area contributed by atoms with Gasteiger partial charge < -0.3 is 10.2 Å². The number of rotatable bonds is 4. The summed E-state index contributed by atoms with van der Waals surface area (Å²) in [6.07, 6.45) is 6.87. The van der Waals surface area contributed by atoms with E-state index in [2.05, 4.69) is 60.5 Å². The van der Waals surface area contributed by atoms with Gasteiger partial charge in [0.2, 0.25) is 0 Å². The molecule has 0 aliphatic carbocycles. The lowest BCUT2D eigenvalue weighted by molar-refractivity contribution is 0.484. The maximum Gasteiger partial charge on any atom is 0.0415 e. The van der Waals surface area contributed by atoms with Crippen LogP contribution in [0.15, 0.2) is 36.4 Å². The third-order valence-electron chi connectivity index (χ3n) is 3.55. The molecule has 2 heteroatoms. The van der Waals surface area contributed by atoms with Gasteiger partial charge in [0.05, 0.1) is 0 Å². The molecule has 18 heavy (non-hydrogen) atoms. The minimum absolute atomic E-state index is 0.604. The molecule has 98 valence electrons. The molecule has 1 aliphatic heterocycles. The van der Waals surface area contributed by atoms with Gasteiger partial charge in [-0.25, -0.2) is 0 Å². The van der Waals surface area contributed by atoms with Crippen molar-refractivity contribution in [3.05, 3.63) is 42.0 Å². The number of fused-ring (bicyclic) bond motifs is 1. The molecule has 0 saturated carbocycles. The Labute approximate surface area is 111 Å². The highest BCUT2D eigenvalue weighted by atomic mass is 15.2. The second-order valence-corrected chi connectivity index (χ2v) is 4.97. The molecule has 1 heterocycles. The van der Waals surface area contributed by atoms with Crippen LogP contribution >= 0.6 is 0 Å². The van der Waals surface area contributed by atoms with Crippen LogP contribution in [0, 0.1) is 0 Å². The topological polar surface area (TPSA) is 15.3 Å². The number of nitrogens with one attached hydrogen (secondary N) is 1. The normalized spacial score (nSPS) is 19.9. The average molecular weight is 244 g/mol. The number of allylic oxidation sites excluding steroid dienone is 1. The summed E-state index contributed by atoms with van der Waals surface area (Å²) in [7, 11) is 0. The molecule has 1 aliphatic rings. The Bertz CT molecular complexity index is 398. The van der Waals surface area contributed by atoms with Crippen molar-refractivity contribution in [3.8, 4) is 0 Å². The smallest absolute Gasteiger partial charge is 0.0415 e. The van der Waals surface area contributed by atoms with Crippen LogP contribution < -0.4 is 10.2 Å². The fraction of sp³-hybridized carbons (Fsp3) is 0.500. The monoisotopic (exact) mass is 244 g/mol. The molecule has 0 amide bonds. The van der Waals surface area contributed by atoms with E-state index in [1.165, 1.54) is 24.1 Å². The number of hydrogen-bond donors (Lipinski definition) is 1. The lowest BCUT2D eigenvalue weighted by atomic mass is 10.1. The summed E-state index contributed by atoms with van der Waals surface area (Å²) in [5.74, 6) is 0. The number of benzene rings is 1. The highest BCUT2D eigenvalue weighted by Crippen LogP contribution is 2.24. The predicted molar refractivity (Wildman–Crippen MR) is 79.0 cm³/mol. The SMILES string of the molecule is C/C=C/CN1CC(CCC)NCc2ccccc21. The summed E-state index contributed by atoms with van der Waals surface area (Å²) in [5, 5.41) is 3.68. The first-order valence-electron chi connectivity index (χ1n) is 7.02. The average Bonchev–Trinajstić information content (AvgIpc) is 2.57. The number of anilines is 1. The lowest BCUT2D eigenvalue weighted by Crippen LogP contribution is -2.38. The summed E-state index contributed by atoms with van der Waals surface area (Å²) < 4.78 is 0. The second kappa shape index (κ2) is 6.60. The zero-order valence-corrected chi connectivity index (χ0v) is 11.5. The molecule has 1 N–H and O–H groups in total. The van der Waals surface area contributed by atoms with Crippen LogP contribution in [0.3, 0.4) is 0 Å². The Balaban J connectivity index is 2.20. The quantitative estimate of drug-likeness (QED) is 0.817. The van der Waals surface area contributed by atoms with Crippen molar-refractivity contribution in [2.24, 2.45) is 0 Å². The minimum Gasteiger partial charge on any atom is -0.366 e. The Morgan fingerprint density at radius 1 is 1.39 bits per heavy atom. The van der Waals surface area contributed by atoms with Gasteiger partial charge in [0.15, 0.2) is 0 Å². The molecule has 1 atom stereocenters. The molecular weight excluding hydrogens is 220 g/mol. The highest BCUT2D eigenvalue weighted by molar-refractivity contribution is 5.55. The summed E-state index contributed by atoms with van der Waals surface area (Å²) >= 11 is 0. The molecule has 0 radical (unpaired) electrons. The zero-order chi connectivity index (χ0) is 12.8. The molecule has 1 aromatic rings. The van der Waals surface area contributed by atoms with Crippen molar-refractivity contribution in [1.29, 1.82) is 0 Å². The van der Waals surface area contributed by atoms with Crippen molar-refractivity contribution in [3.63, 3.8) is 0 Å². The van der Waals surface area contributed by atoms with Crippen molar-refractivity contribution in [2.75, 3.05) is 18.0 Å². The maximum atomic E-state index is 3.68. The Hall–Kier alpha value is -1.28. The van der Waals surface area contributed by atoms with E-state index in [0.717, 1.165) is 19.6 Å². The first-order valence-corrected chi connectivity index (χ1v) is 7.02. The van der Waals surface area contributed by atoms with Crippen molar-refractivity contribution >= 4 is 5.69 Å². The van der Waals surface area contributed by atoms with E-state index in [-0.39, 0.29) is 0 Å². The van der Waals surface area contributed by atoms with Crippen LogP contribution in [-0.2, 0) is 6.54 Å². The van der Waals surface area contributed by atoms with Gasteiger partial charge in [0.25, 0.3) is 0 Å². The Morgan fingerprint density at radius 2 is 2.22 bits per heavy atom. The van der Waals surface area contributed by atoms with Gasteiger partial charge in [-0.05, 0) is 25.0 Å². The fourth-order valence-electron chi connectivity index (χ4n) is 2.60. The van der Waals surface area contributed by atoms with Crippen LogP contribution in [0.4, 0.5) is 5.69 Å². The van der Waals surface area contributed by atoms with E-state index < -0.39 is 0 Å². The maximum absolute atomic E-state index is 3.68. The minimum atomic E-state index is 0.604. The molecule has 1 aromatic carbocycles. The summed E-state index contributed by atoms with van der Waals surface area (Å²) in [4.78, 5) is 2.50. The van der Waals surface area contributed by atoms with Crippen LogP contribution in [0.2, 0.25) is 0 Å². The zero-order valence-electron chi connectivity index (χ0n) is 11.5. The van der Waals surface area contributed by atoms with Gasteiger partial charge in [-0.2, -0.15) is 0 Å². The molecule has 0 saturated heterocycles. The third-order valence-corrected chi connectivity index (χ3v) is 3.55. The van der Waals surface area contributed by atoms with Gasteiger partial charge in [0, 0.05) is 31.4 Å². The van der Waals surface area contributed by atoms with E-state index in [4.69, 9.17) is 0 Å². The first-order chi connectivity index (χ1) is 8.85. The summed E-state index contributed by atoms with van der Waals surface area (Å²) in [5.41, 5.74) is 2.81. The largest absolute Gasteiger partial charge is 0.366 e. The van der Waals surface area contributed by atoms with E-state index in [1.807, 2.05) is 0 Å². The summed E-state index contributed by atoms with van der Waals surface area (Å²) in [6.45, 7) is 7.46. The number of hydrogen-bond acceptors (Lipinski definition) is 2. The van der Waals surface area contributed by atoms with Crippen molar-refractivity contribution in [2.45, 2.75) is 39.3 Å². The lowest BCUT2D eigenvalue weighted by Gasteiger charge is -2.26. The standard InChI is InChI=1S/C16H24N2/c1-3-5-11-18-13-15(8-4-2)17-12-14-9-6-7-10-16(14)18/h3,5-7,9-10,15,17H,4,8,11-13H2,1-2H3/b5-3+. The van der Waals surface area contributed by atoms with Gasteiger partial charge in [-0.3, -0.25) is 0 Å². The molecule has 0 aromatic heterocycles. The second-order valence-electron chi connectivity index (χ2n) is 4.97. The number of para-hydroxylation sites is 1. The first kappa shape index (κ1) is 13.2. The predicted octanol–water partition coefficient (Wildman–Crippen LogP) is 3.34. The van der Waals surface area contributed by atoms with Gasteiger partial charge in [-0.15, -0.1) is 0 Å². The van der Waals surface area contributed by atoms with E-state index in [0.29, 0.717) is 6.04 Å². The number of nitrogens with zero attached hydrogens (tertiary/aromatic N) is 1. The highest BCUT2D eigenvalue weighted by Gasteiger charge is 2.19. The van der Waals surface area contributed by atoms with Gasteiger partial charge in [0.1, 0.15) is 0 Å². The Morgan fingerprint density at radius 3 is 3.00 bits per heavy atom. The Kier molecular flexibility index (Phi) is 4.82. The fourth-order valence-corrected chi connectivity index (χ4v) is 2.60. The van der Waals surface area contributed by atoms with E-state index in [9.17, 15) is 0 Å². The van der Waals surface area contributed by atoms with Gasteiger partial charge in [-0.1, -0.05) is 43.7 Å². The third kappa shape index (κ3) is 3.14. The van der Waals surface area contributed by atoms with E-state index >= 15 is 0 Å². The van der Waals surface area contributed by atoms with Crippen molar-refractivity contribution < 1.29 is 0 Å². The van der Waals surface area contributed by atoms with Crippen LogP contribution in [-0.4, -0.2) is 19.1 Å². The molecule has 0 fully saturated rings.